The Morgan fingerprint density at radius 3 is 2.75 bits per heavy atom. The smallest absolute Gasteiger partial charge is 0.233 e. The fourth-order valence-corrected chi connectivity index (χ4v) is 4.46. The lowest BCUT2D eigenvalue weighted by atomic mass is 10.1. The third kappa shape index (κ3) is 3.99. The van der Waals surface area contributed by atoms with Crippen molar-refractivity contribution in [3.63, 3.8) is 0 Å². The fraction of sp³-hybridized carbons (Fsp3) is 0.300. The highest BCUT2D eigenvalue weighted by Gasteiger charge is 2.22. The molecule has 0 unspecified atom stereocenters. The van der Waals surface area contributed by atoms with Gasteiger partial charge in [0.05, 0.1) is 29.8 Å². The summed E-state index contributed by atoms with van der Waals surface area (Å²) >= 11 is 5.05. The summed E-state index contributed by atoms with van der Waals surface area (Å²) in [6.45, 7) is 1.91. The number of hydrogen-bond donors (Lipinski definition) is 0. The molecule has 3 aromatic rings. The van der Waals surface area contributed by atoms with Crippen molar-refractivity contribution in [1.82, 2.24) is 4.98 Å². The molecule has 0 atom stereocenters. The van der Waals surface area contributed by atoms with Crippen LogP contribution in [0.1, 0.15) is 5.56 Å². The number of hydrogen-bond acceptors (Lipinski definition) is 6. The molecule has 0 spiro atoms. The monoisotopic (exact) mass is 462 g/mol. The third-order valence-electron chi connectivity index (χ3n) is 4.39. The molecule has 1 aromatic heterocycles. The number of anilines is 1. The van der Waals surface area contributed by atoms with Crippen molar-refractivity contribution >= 4 is 48.5 Å². The van der Waals surface area contributed by atoms with Gasteiger partial charge >= 0.3 is 0 Å². The van der Waals surface area contributed by atoms with Crippen molar-refractivity contribution in [2.24, 2.45) is 0 Å². The molecular formula is C20H19BrN2O4S. The van der Waals surface area contributed by atoms with Gasteiger partial charge in [-0.15, -0.1) is 0 Å². The van der Waals surface area contributed by atoms with E-state index in [0.717, 1.165) is 20.3 Å². The minimum absolute atomic E-state index is 0.0477. The number of benzene rings is 2. The molecule has 1 amide bonds. The van der Waals surface area contributed by atoms with Gasteiger partial charge in [-0.25, -0.2) is 4.98 Å². The molecule has 0 saturated carbocycles. The van der Waals surface area contributed by atoms with E-state index in [0.29, 0.717) is 43.0 Å². The van der Waals surface area contributed by atoms with Crippen LogP contribution >= 0.6 is 27.3 Å². The second kappa shape index (κ2) is 8.46. The molecule has 2 heterocycles. The lowest BCUT2D eigenvalue weighted by molar-refractivity contribution is -0.118. The summed E-state index contributed by atoms with van der Waals surface area (Å²) in [6, 6.07) is 11.6. The Morgan fingerprint density at radius 2 is 2.00 bits per heavy atom. The van der Waals surface area contributed by atoms with Crippen LogP contribution in [-0.4, -0.2) is 44.4 Å². The summed E-state index contributed by atoms with van der Waals surface area (Å²) in [5.41, 5.74) is 1.73. The molecule has 6 nitrogen and oxygen atoms in total. The van der Waals surface area contributed by atoms with Crippen molar-refractivity contribution in [3.05, 3.63) is 46.4 Å². The number of fused-ring (bicyclic) bond motifs is 2. The van der Waals surface area contributed by atoms with Crippen LogP contribution in [-0.2, 0) is 16.0 Å². The quantitative estimate of drug-likeness (QED) is 0.552. The second-order valence-electron chi connectivity index (χ2n) is 6.27. The van der Waals surface area contributed by atoms with Gasteiger partial charge in [0.15, 0.2) is 16.6 Å². The number of halogens is 1. The number of amides is 1. The average molecular weight is 463 g/mol. The van der Waals surface area contributed by atoms with Crippen LogP contribution in [0, 0.1) is 0 Å². The van der Waals surface area contributed by atoms with E-state index in [1.807, 2.05) is 36.4 Å². The van der Waals surface area contributed by atoms with Gasteiger partial charge in [-0.2, -0.15) is 0 Å². The molecule has 0 fully saturated rings. The Kier molecular flexibility index (Phi) is 5.79. The highest BCUT2D eigenvalue weighted by molar-refractivity contribution is 9.10. The zero-order chi connectivity index (χ0) is 19.5. The van der Waals surface area contributed by atoms with Gasteiger partial charge in [-0.3, -0.25) is 9.69 Å². The van der Waals surface area contributed by atoms with Gasteiger partial charge < -0.3 is 14.2 Å². The van der Waals surface area contributed by atoms with Crippen LogP contribution in [0.25, 0.3) is 10.2 Å². The van der Waals surface area contributed by atoms with E-state index in [-0.39, 0.29) is 12.3 Å². The zero-order valence-corrected chi connectivity index (χ0v) is 17.7. The number of aromatic nitrogens is 1. The molecule has 146 valence electrons. The molecule has 4 rings (SSSR count). The van der Waals surface area contributed by atoms with Crippen molar-refractivity contribution in [2.45, 2.75) is 6.42 Å². The predicted octanol–water partition coefficient (Wildman–Crippen LogP) is 4.05. The molecule has 2 aromatic carbocycles. The van der Waals surface area contributed by atoms with Crippen molar-refractivity contribution in [3.8, 4) is 11.5 Å². The SMILES string of the molecule is COCCN(C(=O)Cc1cc2c(cc1Br)OCCO2)c1nc2ccccc2s1. The average Bonchev–Trinajstić information content (AvgIpc) is 3.12. The van der Waals surface area contributed by atoms with Crippen LogP contribution in [0.15, 0.2) is 40.9 Å². The first-order valence-electron chi connectivity index (χ1n) is 8.88. The maximum atomic E-state index is 13.2. The van der Waals surface area contributed by atoms with Crippen LogP contribution in [0.3, 0.4) is 0 Å². The van der Waals surface area contributed by atoms with Gasteiger partial charge in [-0.05, 0) is 29.8 Å². The van der Waals surface area contributed by atoms with Gasteiger partial charge in [-0.1, -0.05) is 39.4 Å². The predicted molar refractivity (Wildman–Crippen MR) is 113 cm³/mol. The number of carbonyl (C=O) groups excluding carboxylic acids is 1. The van der Waals surface area contributed by atoms with Crippen LogP contribution in [0.2, 0.25) is 0 Å². The molecule has 28 heavy (non-hydrogen) atoms. The van der Waals surface area contributed by atoms with E-state index in [4.69, 9.17) is 14.2 Å². The van der Waals surface area contributed by atoms with Crippen LogP contribution in [0.5, 0.6) is 11.5 Å². The van der Waals surface area contributed by atoms with Crippen molar-refractivity contribution in [1.29, 1.82) is 0 Å². The molecule has 8 heteroatoms. The third-order valence-corrected chi connectivity index (χ3v) is 6.18. The first-order chi connectivity index (χ1) is 13.7. The molecular weight excluding hydrogens is 444 g/mol. The number of rotatable bonds is 6. The summed E-state index contributed by atoms with van der Waals surface area (Å²) in [6.07, 6.45) is 0.219. The summed E-state index contributed by atoms with van der Waals surface area (Å²) in [4.78, 5) is 19.5. The molecule has 1 aliphatic rings. The minimum Gasteiger partial charge on any atom is -0.486 e. The van der Waals surface area contributed by atoms with Crippen LogP contribution in [0.4, 0.5) is 5.13 Å². The number of para-hydroxylation sites is 1. The molecule has 0 radical (unpaired) electrons. The topological polar surface area (TPSA) is 60.9 Å². The van der Waals surface area contributed by atoms with Crippen LogP contribution < -0.4 is 14.4 Å². The van der Waals surface area contributed by atoms with Crippen molar-refractivity contribution in [2.75, 3.05) is 38.4 Å². The Morgan fingerprint density at radius 1 is 1.25 bits per heavy atom. The molecule has 0 N–H and O–H groups in total. The van der Waals surface area contributed by atoms with Gasteiger partial charge in [0.2, 0.25) is 5.91 Å². The summed E-state index contributed by atoms with van der Waals surface area (Å²) < 4.78 is 18.3. The number of ether oxygens (including phenoxy) is 3. The lowest BCUT2D eigenvalue weighted by Crippen LogP contribution is -2.35. The minimum atomic E-state index is -0.0477. The summed E-state index contributed by atoms with van der Waals surface area (Å²) in [5, 5.41) is 0.678. The summed E-state index contributed by atoms with van der Waals surface area (Å²) in [7, 11) is 1.62. The Hall–Kier alpha value is -2.16. The fourth-order valence-electron chi connectivity index (χ4n) is 2.98. The van der Waals surface area contributed by atoms with Gasteiger partial charge in [0, 0.05) is 11.6 Å². The second-order valence-corrected chi connectivity index (χ2v) is 8.13. The molecule has 0 bridgehead atoms. The largest absolute Gasteiger partial charge is 0.486 e. The number of methoxy groups -OCH3 is 1. The lowest BCUT2D eigenvalue weighted by Gasteiger charge is -2.22. The van der Waals surface area contributed by atoms with E-state index >= 15 is 0 Å². The van der Waals surface area contributed by atoms with E-state index in [1.165, 1.54) is 11.3 Å². The maximum absolute atomic E-state index is 13.2. The van der Waals surface area contributed by atoms with Crippen molar-refractivity contribution < 1.29 is 19.0 Å². The molecule has 0 aliphatic carbocycles. The maximum Gasteiger partial charge on any atom is 0.233 e. The highest BCUT2D eigenvalue weighted by Crippen LogP contribution is 2.36. The Bertz CT molecular complexity index is 974. The Labute approximate surface area is 175 Å². The molecule has 0 saturated heterocycles. The normalized spacial score (nSPS) is 12.9. The number of carbonyl (C=O) groups is 1. The van der Waals surface area contributed by atoms with E-state index in [2.05, 4.69) is 20.9 Å². The summed E-state index contributed by atoms with van der Waals surface area (Å²) in [5.74, 6) is 1.31. The number of nitrogens with zero attached hydrogens (tertiary/aromatic N) is 2. The van der Waals surface area contributed by atoms with Gasteiger partial charge in [0.1, 0.15) is 13.2 Å². The van der Waals surface area contributed by atoms with E-state index in [1.54, 1.807) is 12.0 Å². The first kappa shape index (κ1) is 19.2. The number of thiazole rings is 1. The molecule has 1 aliphatic heterocycles. The standard InChI is InChI=1S/C20H19BrN2O4S/c1-25-7-6-23(20-22-15-4-2-3-5-18(15)28-20)19(24)11-13-10-16-17(12-14(13)21)27-9-8-26-16/h2-5,10,12H,6-9,11H2,1H3. The zero-order valence-electron chi connectivity index (χ0n) is 15.3. The van der Waals surface area contributed by atoms with E-state index in [9.17, 15) is 4.79 Å². The first-order valence-corrected chi connectivity index (χ1v) is 10.5. The Balaban J connectivity index is 1.61. The van der Waals surface area contributed by atoms with Gasteiger partial charge in [0.25, 0.3) is 0 Å². The van der Waals surface area contributed by atoms with E-state index < -0.39 is 0 Å². The highest BCUT2D eigenvalue weighted by atomic mass is 79.9.